The van der Waals surface area contributed by atoms with Crippen molar-refractivity contribution in [2.24, 2.45) is 17.8 Å². The van der Waals surface area contributed by atoms with Gasteiger partial charge in [-0.15, -0.1) is 0 Å². The molecule has 0 bridgehead atoms. The molecular weight excluding hydrogens is 147 g/mol. The first-order valence-electron chi connectivity index (χ1n) is 5.17. The summed E-state index contributed by atoms with van der Waals surface area (Å²) < 4.78 is 5.90. The van der Waals surface area contributed by atoms with E-state index in [1.165, 1.54) is 6.42 Å². The Morgan fingerprint density at radius 3 is 2.17 bits per heavy atom. The predicted molar refractivity (Wildman–Crippen MR) is 55.0 cm³/mol. The minimum absolute atomic E-state index is 0.462. The molecule has 1 fully saturated rings. The smallest absolute Gasteiger partial charge is 0.139 e. The molecule has 0 aromatic carbocycles. The number of hydrogen-bond acceptors (Lipinski definition) is 1. The molecule has 2 heteroatoms. The van der Waals surface area contributed by atoms with Crippen LogP contribution in [0, 0.1) is 17.8 Å². The minimum Gasteiger partial charge on any atom is -0.383 e. The fourth-order valence-electron chi connectivity index (χ4n) is 2.02. The average Bonchev–Trinajstić information content (AvgIpc) is 2.17. The largest absolute Gasteiger partial charge is 0.383 e. The second kappa shape index (κ2) is 3.82. The van der Waals surface area contributed by atoms with Crippen molar-refractivity contribution in [1.29, 1.82) is 0 Å². The lowest BCUT2D eigenvalue weighted by molar-refractivity contribution is 0.0574. The maximum atomic E-state index is 5.90. The van der Waals surface area contributed by atoms with Gasteiger partial charge in [0, 0.05) is 6.00 Å². The van der Waals surface area contributed by atoms with Gasteiger partial charge in [-0.2, -0.15) is 0 Å². The summed E-state index contributed by atoms with van der Waals surface area (Å²) >= 11 is 0. The first kappa shape index (κ1) is 10.1. The monoisotopic (exact) mass is 168 g/mol. The van der Waals surface area contributed by atoms with Gasteiger partial charge in [-0.25, -0.2) is 0 Å². The molecule has 1 aliphatic heterocycles. The summed E-state index contributed by atoms with van der Waals surface area (Å²) in [6.45, 7) is 9.16. The van der Waals surface area contributed by atoms with Crippen LogP contribution in [0.1, 0.15) is 34.1 Å². The average molecular weight is 168 g/mol. The van der Waals surface area contributed by atoms with E-state index in [4.69, 9.17) is 4.74 Å². The third-order valence-corrected chi connectivity index (χ3v) is 3.25. The van der Waals surface area contributed by atoms with Gasteiger partial charge in [0.2, 0.25) is 0 Å². The van der Waals surface area contributed by atoms with Crippen LogP contribution in [0.25, 0.3) is 0 Å². The van der Waals surface area contributed by atoms with Gasteiger partial charge in [0.15, 0.2) is 0 Å². The molecule has 1 nitrogen and oxygen atoms in total. The molecule has 0 saturated carbocycles. The van der Waals surface area contributed by atoms with Crippen LogP contribution in [0.3, 0.4) is 0 Å². The van der Waals surface area contributed by atoms with Crippen molar-refractivity contribution < 1.29 is 4.74 Å². The van der Waals surface area contributed by atoms with Crippen molar-refractivity contribution >= 4 is 7.85 Å². The fourth-order valence-corrected chi connectivity index (χ4v) is 2.02. The van der Waals surface area contributed by atoms with Crippen LogP contribution in [-0.2, 0) is 4.74 Å². The predicted octanol–water partition coefficient (Wildman–Crippen LogP) is 1.66. The van der Waals surface area contributed by atoms with Crippen molar-refractivity contribution in [1.82, 2.24) is 0 Å². The molecule has 0 N–H and O–H groups in total. The Balaban J connectivity index is 2.47. The van der Waals surface area contributed by atoms with E-state index >= 15 is 0 Å². The zero-order valence-electron chi connectivity index (χ0n) is 9.00. The number of rotatable bonds is 2. The van der Waals surface area contributed by atoms with Crippen LogP contribution in [0.5, 0.6) is 0 Å². The first-order valence-corrected chi connectivity index (χ1v) is 5.17. The van der Waals surface area contributed by atoms with Gasteiger partial charge in [0.1, 0.15) is 7.85 Å². The molecule has 0 amide bonds. The van der Waals surface area contributed by atoms with Gasteiger partial charge < -0.3 is 4.74 Å². The van der Waals surface area contributed by atoms with Crippen LogP contribution in [0.15, 0.2) is 0 Å². The van der Waals surface area contributed by atoms with Crippen LogP contribution < -0.4 is 0 Å². The maximum Gasteiger partial charge on any atom is 0.139 e. The molecule has 4 atom stereocenters. The van der Waals surface area contributed by atoms with Crippen LogP contribution in [0.2, 0.25) is 0 Å². The zero-order valence-corrected chi connectivity index (χ0v) is 9.00. The lowest BCUT2D eigenvalue weighted by atomic mass is 9.81. The highest BCUT2D eigenvalue weighted by atomic mass is 16.5. The topological polar surface area (TPSA) is 9.23 Å². The summed E-state index contributed by atoms with van der Waals surface area (Å²) in [7, 11) is 2.20. The Bertz CT molecular complexity index is 145. The molecule has 0 aromatic rings. The third kappa shape index (κ3) is 2.04. The molecule has 1 rings (SSSR count). The van der Waals surface area contributed by atoms with E-state index in [0.29, 0.717) is 12.1 Å². The molecule has 0 aromatic heterocycles. The Labute approximate surface area is 77.3 Å². The standard InChI is InChI=1S/C10H21BO/c1-6(2)5-9-7(3)8(4)10(11)12-9/h6-10H,5,11H2,1-4H3. The lowest BCUT2D eigenvalue weighted by Gasteiger charge is -2.17. The Morgan fingerprint density at radius 1 is 1.25 bits per heavy atom. The van der Waals surface area contributed by atoms with Crippen LogP contribution in [0.4, 0.5) is 0 Å². The number of hydrogen-bond donors (Lipinski definition) is 0. The van der Waals surface area contributed by atoms with E-state index in [0.717, 1.165) is 17.8 Å². The highest BCUT2D eigenvalue weighted by molar-refractivity contribution is 6.11. The van der Waals surface area contributed by atoms with E-state index in [1.54, 1.807) is 0 Å². The van der Waals surface area contributed by atoms with E-state index < -0.39 is 0 Å². The summed E-state index contributed by atoms with van der Waals surface area (Å²) in [5.74, 6) is 2.23. The Hall–Kier alpha value is 0.0249. The lowest BCUT2D eigenvalue weighted by Crippen LogP contribution is -2.18. The molecule has 12 heavy (non-hydrogen) atoms. The van der Waals surface area contributed by atoms with Crippen molar-refractivity contribution in [3.8, 4) is 0 Å². The maximum absolute atomic E-state index is 5.90. The SMILES string of the molecule is BC1OC(CC(C)C)C(C)C1C. The molecular formula is C10H21BO. The van der Waals surface area contributed by atoms with Gasteiger partial charge in [0.25, 0.3) is 0 Å². The van der Waals surface area contributed by atoms with Crippen molar-refractivity contribution in [2.75, 3.05) is 0 Å². The van der Waals surface area contributed by atoms with Gasteiger partial charge in [-0.3, -0.25) is 0 Å². The van der Waals surface area contributed by atoms with Gasteiger partial charge in [-0.1, -0.05) is 27.7 Å². The molecule has 1 aliphatic rings. The molecule has 4 unspecified atom stereocenters. The van der Waals surface area contributed by atoms with Gasteiger partial charge in [0.05, 0.1) is 6.10 Å². The van der Waals surface area contributed by atoms with Crippen molar-refractivity contribution in [2.45, 2.75) is 46.2 Å². The molecule has 0 spiro atoms. The summed E-state index contributed by atoms with van der Waals surface area (Å²) in [4.78, 5) is 0. The summed E-state index contributed by atoms with van der Waals surface area (Å²) in [5.41, 5.74) is 0. The Kier molecular flexibility index (Phi) is 3.22. The normalized spacial score (nSPS) is 42.4. The van der Waals surface area contributed by atoms with E-state index in [-0.39, 0.29) is 0 Å². The highest BCUT2D eigenvalue weighted by Crippen LogP contribution is 2.33. The summed E-state index contributed by atoms with van der Waals surface area (Å²) in [6.07, 6.45) is 1.73. The molecule has 70 valence electrons. The highest BCUT2D eigenvalue weighted by Gasteiger charge is 2.35. The zero-order chi connectivity index (χ0) is 9.30. The van der Waals surface area contributed by atoms with Gasteiger partial charge in [-0.05, 0) is 24.2 Å². The first-order chi connectivity index (χ1) is 5.52. The quantitative estimate of drug-likeness (QED) is 0.570. The van der Waals surface area contributed by atoms with Gasteiger partial charge >= 0.3 is 0 Å². The van der Waals surface area contributed by atoms with Crippen LogP contribution >= 0.6 is 0 Å². The second-order valence-electron chi connectivity index (χ2n) is 4.73. The third-order valence-electron chi connectivity index (χ3n) is 3.25. The number of ether oxygens (including phenoxy) is 1. The second-order valence-corrected chi connectivity index (χ2v) is 4.73. The summed E-state index contributed by atoms with van der Waals surface area (Å²) in [6, 6.07) is 0.462. The van der Waals surface area contributed by atoms with Crippen LogP contribution in [-0.4, -0.2) is 20.0 Å². The van der Waals surface area contributed by atoms with Crippen molar-refractivity contribution in [3.63, 3.8) is 0 Å². The molecule has 0 radical (unpaired) electrons. The fraction of sp³-hybridized carbons (Fsp3) is 1.00. The molecule has 1 saturated heterocycles. The minimum atomic E-state index is 0.462. The molecule has 0 aliphatic carbocycles. The van der Waals surface area contributed by atoms with E-state index in [2.05, 4.69) is 35.5 Å². The van der Waals surface area contributed by atoms with Crippen molar-refractivity contribution in [3.05, 3.63) is 0 Å². The van der Waals surface area contributed by atoms with E-state index in [1.807, 2.05) is 0 Å². The Morgan fingerprint density at radius 2 is 1.83 bits per heavy atom. The summed E-state index contributed by atoms with van der Waals surface area (Å²) in [5, 5.41) is 0. The molecule has 1 heterocycles. The van der Waals surface area contributed by atoms with E-state index in [9.17, 15) is 0 Å².